The van der Waals surface area contributed by atoms with E-state index >= 15 is 0 Å². The van der Waals surface area contributed by atoms with Gasteiger partial charge >= 0.3 is 12.4 Å². The molecule has 1 nitrogen and oxygen atoms in total. The van der Waals surface area contributed by atoms with Crippen molar-refractivity contribution in [3.8, 4) is 0 Å². The molecule has 2 aromatic carbocycles. The van der Waals surface area contributed by atoms with Gasteiger partial charge in [0.25, 0.3) is 0 Å². The van der Waals surface area contributed by atoms with Crippen LogP contribution in [0, 0.1) is 0 Å². The van der Waals surface area contributed by atoms with E-state index in [-0.39, 0.29) is 23.8 Å². The van der Waals surface area contributed by atoms with Gasteiger partial charge in [0.05, 0.1) is 11.1 Å². The Kier molecular flexibility index (Phi) is 6.11. The minimum atomic E-state index is -4.87. The number of benzene rings is 2. The number of alkyl halides is 6. The standard InChI is InChI=1S/C23H20F6O/c24-22(25,26)18-13-16(14-19(15-18)23(27,28)29)5-4-10-21(11-8-20(30)9-12-21)17-6-2-1-3-7-17/h1-4,6-7,10,13-15H,5,8-9,11-12H2. The van der Waals surface area contributed by atoms with E-state index in [4.69, 9.17) is 0 Å². The van der Waals surface area contributed by atoms with Gasteiger partial charge in [-0.2, -0.15) is 26.3 Å². The van der Waals surface area contributed by atoms with Gasteiger partial charge in [0.2, 0.25) is 0 Å². The summed E-state index contributed by atoms with van der Waals surface area (Å²) in [6, 6.07) is 11.1. The van der Waals surface area contributed by atoms with Crippen LogP contribution in [0.4, 0.5) is 26.3 Å². The minimum absolute atomic E-state index is 0.0662. The molecule has 7 heteroatoms. The second-order valence-corrected chi connectivity index (χ2v) is 7.58. The largest absolute Gasteiger partial charge is 0.416 e. The number of hydrogen-bond acceptors (Lipinski definition) is 1. The highest BCUT2D eigenvalue weighted by Gasteiger charge is 2.37. The average molecular weight is 426 g/mol. The first-order chi connectivity index (χ1) is 14.0. The predicted octanol–water partition coefficient (Wildman–Crippen LogP) is 6.90. The number of carbonyl (C=O) groups excluding carboxylic acids is 1. The molecular weight excluding hydrogens is 406 g/mol. The van der Waals surface area contributed by atoms with Crippen LogP contribution in [-0.2, 0) is 29.0 Å². The summed E-state index contributed by atoms with van der Waals surface area (Å²) in [6.45, 7) is 0. The maximum Gasteiger partial charge on any atom is 0.416 e. The second-order valence-electron chi connectivity index (χ2n) is 7.58. The molecule has 3 rings (SSSR count). The third kappa shape index (κ3) is 5.12. The fourth-order valence-electron chi connectivity index (χ4n) is 3.85. The lowest BCUT2D eigenvalue weighted by atomic mass is 9.69. The molecule has 0 saturated heterocycles. The lowest BCUT2D eigenvalue weighted by Crippen LogP contribution is -2.30. The number of carbonyl (C=O) groups is 1. The summed E-state index contributed by atoms with van der Waals surface area (Å²) in [4.78, 5) is 11.7. The molecule has 0 unspecified atom stereocenters. The average Bonchev–Trinajstić information content (AvgIpc) is 2.69. The van der Waals surface area contributed by atoms with Crippen LogP contribution in [0.3, 0.4) is 0 Å². The predicted molar refractivity (Wildman–Crippen MR) is 101 cm³/mol. The van der Waals surface area contributed by atoms with Crippen molar-refractivity contribution in [1.82, 2.24) is 0 Å². The molecule has 30 heavy (non-hydrogen) atoms. The van der Waals surface area contributed by atoms with Gasteiger partial charge in [-0.15, -0.1) is 0 Å². The Labute approximate surface area is 170 Å². The van der Waals surface area contributed by atoms with Crippen LogP contribution in [0.1, 0.15) is 47.9 Å². The molecule has 0 aliphatic heterocycles. The van der Waals surface area contributed by atoms with Gasteiger partial charge in [-0.05, 0) is 48.6 Å². The van der Waals surface area contributed by atoms with Crippen LogP contribution in [0.2, 0.25) is 0 Å². The van der Waals surface area contributed by atoms with Crippen molar-refractivity contribution < 1.29 is 31.1 Å². The molecular formula is C23H20F6O. The van der Waals surface area contributed by atoms with Crippen LogP contribution in [-0.4, -0.2) is 5.78 Å². The summed E-state index contributed by atoms with van der Waals surface area (Å²) in [6.07, 6.45) is -4.47. The zero-order valence-corrected chi connectivity index (χ0v) is 16.0. The van der Waals surface area contributed by atoms with E-state index in [0.29, 0.717) is 25.7 Å². The topological polar surface area (TPSA) is 17.1 Å². The third-order valence-electron chi connectivity index (χ3n) is 5.49. The van der Waals surface area contributed by atoms with E-state index in [9.17, 15) is 31.1 Å². The Bertz CT molecular complexity index is 883. The van der Waals surface area contributed by atoms with E-state index in [0.717, 1.165) is 17.7 Å². The summed E-state index contributed by atoms with van der Waals surface area (Å²) >= 11 is 0. The summed E-state index contributed by atoms with van der Waals surface area (Å²) in [7, 11) is 0. The Balaban J connectivity index is 1.91. The monoisotopic (exact) mass is 426 g/mol. The van der Waals surface area contributed by atoms with Crippen LogP contribution >= 0.6 is 0 Å². The molecule has 0 heterocycles. The molecule has 1 fully saturated rings. The van der Waals surface area contributed by atoms with Gasteiger partial charge in [-0.1, -0.05) is 42.5 Å². The lowest BCUT2D eigenvalue weighted by Gasteiger charge is -2.34. The Morgan fingerprint density at radius 2 is 1.37 bits per heavy atom. The maximum absolute atomic E-state index is 13.1. The molecule has 1 aliphatic rings. The van der Waals surface area contributed by atoms with Crippen molar-refractivity contribution in [1.29, 1.82) is 0 Å². The van der Waals surface area contributed by atoms with Crippen molar-refractivity contribution >= 4 is 5.78 Å². The van der Waals surface area contributed by atoms with Gasteiger partial charge in [0.15, 0.2) is 0 Å². The molecule has 1 saturated carbocycles. The molecule has 0 atom stereocenters. The normalized spacial score (nSPS) is 17.5. The van der Waals surface area contributed by atoms with E-state index in [2.05, 4.69) is 0 Å². The van der Waals surface area contributed by atoms with E-state index < -0.39 is 28.9 Å². The molecule has 0 aromatic heterocycles. The van der Waals surface area contributed by atoms with Crippen molar-refractivity contribution in [3.63, 3.8) is 0 Å². The summed E-state index contributed by atoms with van der Waals surface area (Å²) in [5.41, 5.74) is -2.18. The van der Waals surface area contributed by atoms with Crippen molar-refractivity contribution in [3.05, 3.63) is 82.9 Å². The van der Waals surface area contributed by atoms with Gasteiger partial charge in [-0.25, -0.2) is 0 Å². The smallest absolute Gasteiger partial charge is 0.300 e. The van der Waals surface area contributed by atoms with Crippen molar-refractivity contribution in [2.24, 2.45) is 0 Å². The van der Waals surface area contributed by atoms with E-state index in [1.165, 1.54) is 0 Å². The summed E-state index contributed by atoms with van der Waals surface area (Å²) < 4.78 is 78.3. The third-order valence-corrected chi connectivity index (χ3v) is 5.49. The SMILES string of the molecule is O=C1CCC(C=CCc2cc(C(F)(F)F)cc(C(F)(F)F)c2)(c2ccccc2)CC1. The number of ketones is 1. The molecule has 1 aliphatic carbocycles. The number of rotatable bonds is 4. The summed E-state index contributed by atoms with van der Waals surface area (Å²) in [5, 5.41) is 0. The Morgan fingerprint density at radius 1 is 0.833 bits per heavy atom. The van der Waals surface area contributed by atoms with Crippen LogP contribution in [0.5, 0.6) is 0 Å². The molecule has 0 N–H and O–H groups in total. The van der Waals surface area contributed by atoms with Gasteiger partial charge in [-0.3, -0.25) is 4.79 Å². The first kappa shape index (κ1) is 22.1. The fraction of sp³-hybridized carbons (Fsp3) is 0.348. The molecule has 2 aromatic rings. The van der Waals surface area contributed by atoms with Crippen LogP contribution < -0.4 is 0 Å². The van der Waals surface area contributed by atoms with Gasteiger partial charge in [0, 0.05) is 18.3 Å². The zero-order valence-electron chi connectivity index (χ0n) is 16.0. The number of Topliss-reactive ketones (excluding diaryl/α,β-unsaturated/α-hetero) is 1. The highest BCUT2D eigenvalue weighted by atomic mass is 19.4. The van der Waals surface area contributed by atoms with Crippen LogP contribution in [0.15, 0.2) is 60.7 Å². The van der Waals surface area contributed by atoms with E-state index in [1.807, 2.05) is 36.4 Å². The number of halogens is 6. The highest BCUT2D eigenvalue weighted by Crippen LogP contribution is 2.40. The molecule has 0 bridgehead atoms. The zero-order chi connectivity index (χ0) is 22.0. The minimum Gasteiger partial charge on any atom is -0.300 e. The number of allylic oxidation sites excluding steroid dienone is 2. The Morgan fingerprint density at radius 3 is 1.87 bits per heavy atom. The van der Waals surface area contributed by atoms with Crippen molar-refractivity contribution in [2.75, 3.05) is 0 Å². The molecule has 160 valence electrons. The van der Waals surface area contributed by atoms with Crippen LogP contribution in [0.25, 0.3) is 0 Å². The summed E-state index contributed by atoms with van der Waals surface area (Å²) in [5.74, 6) is 0.155. The first-order valence-corrected chi connectivity index (χ1v) is 9.53. The van der Waals surface area contributed by atoms with Gasteiger partial charge in [0.1, 0.15) is 5.78 Å². The van der Waals surface area contributed by atoms with Crippen molar-refractivity contribution in [2.45, 2.75) is 49.9 Å². The fourth-order valence-corrected chi connectivity index (χ4v) is 3.85. The maximum atomic E-state index is 13.1. The highest BCUT2D eigenvalue weighted by molar-refractivity contribution is 5.79. The first-order valence-electron chi connectivity index (χ1n) is 9.53. The number of hydrogen-bond donors (Lipinski definition) is 0. The molecule has 0 spiro atoms. The van der Waals surface area contributed by atoms with E-state index in [1.54, 1.807) is 6.08 Å². The van der Waals surface area contributed by atoms with Gasteiger partial charge < -0.3 is 0 Å². The second kappa shape index (κ2) is 8.28. The molecule has 0 amide bonds. The quantitative estimate of drug-likeness (QED) is 0.384. The lowest BCUT2D eigenvalue weighted by molar-refractivity contribution is -0.143. The molecule has 0 radical (unpaired) electrons. The Hall–Kier alpha value is -2.57.